The fourth-order valence-corrected chi connectivity index (χ4v) is 5.06. The highest BCUT2D eigenvalue weighted by Gasteiger charge is 2.47. The van der Waals surface area contributed by atoms with Crippen LogP contribution in [0.4, 0.5) is 0 Å². The normalized spacial score (nSPS) is 34.0. The number of hydrogen-bond donors (Lipinski definition) is 7. The fourth-order valence-electron chi connectivity index (χ4n) is 5.06. The number of aromatic hydroxyl groups is 1. The summed E-state index contributed by atoms with van der Waals surface area (Å²) < 4.78 is 27.8. The number of rotatable bonds is 6. The van der Waals surface area contributed by atoms with Crippen molar-refractivity contribution in [3.05, 3.63) is 58.3 Å². The zero-order valence-electron chi connectivity index (χ0n) is 22.1. The number of methoxy groups -OCH3 is 1. The van der Waals surface area contributed by atoms with Crippen LogP contribution >= 0.6 is 0 Å². The van der Waals surface area contributed by atoms with Gasteiger partial charge in [0.25, 0.3) is 0 Å². The molecule has 2 aliphatic rings. The molecule has 3 aromatic rings. The molecular weight excluding hydrogens is 544 g/mol. The molecule has 13 heteroatoms. The molecule has 7 N–H and O–H groups in total. The lowest BCUT2D eigenvalue weighted by molar-refractivity contribution is -0.308. The van der Waals surface area contributed by atoms with Gasteiger partial charge in [0.15, 0.2) is 11.7 Å². The summed E-state index contributed by atoms with van der Waals surface area (Å²) in [6.07, 6.45) is -14.3. The average molecular weight is 577 g/mol. The fraction of sp³-hybridized carbons (Fsp3) is 0.464. The van der Waals surface area contributed by atoms with E-state index in [4.69, 9.17) is 23.4 Å². The molecule has 2 aromatic carbocycles. The third-order valence-corrected chi connectivity index (χ3v) is 7.48. The highest BCUT2D eigenvalue weighted by molar-refractivity contribution is 5.85. The van der Waals surface area contributed by atoms with Gasteiger partial charge >= 0.3 is 0 Å². The van der Waals surface area contributed by atoms with Crippen molar-refractivity contribution >= 4 is 11.0 Å². The van der Waals surface area contributed by atoms with Gasteiger partial charge in [0, 0.05) is 11.6 Å². The third-order valence-electron chi connectivity index (χ3n) is 7.48. The van der Waals surface area contributed by atoms with Crippen LogP contribution < -0.4 is 10.2 Å². The molecule has 5 rings (SSSR count). The lowest BCUT2D eigenvalue weighted by atomic mass is 9.90. The largest absolute Gasteiger partial charge is 0.507 e. The molecule has 41 heavy (non-hydrogen) atoms. The van der Waals surface area contributed by atoms with Crippen molar-refractivity contribution in [2.45, 2.75) is 68.1 Å². The molecule has 0 radical (unpaired) electrons. The highest BCUT2D eigenvalue weighted by Crippen LogP contribution is 2.37. The summed E-state index contributed by atoms with van der Waals surface area (Å²) >= 11 is 0. The van der Waals surface area contributed by atoms with E-state index < -0.39 is 79.0 Å². The van der Waals surface area contributed by atoms with Gasteiger partial charge in [-0.25, -0.2) is 0 Å². The summed E-state index contributed by atoms with van der Waals surface area (Å²) in [6, 6.07) is 10.6. The number of aliphatic hydroxyl groups excluding tert-OH is 6. The van der Waals surface area contributed by atoms with Crippen LogP contribution in [0.3, 0.4) is 0 Å². The molecular formula is C28H32O13. The van der Waals surface area contributed by atoms with E-state index in [-0.39, 0.29) is 22.3 Å². The SMILES string of the molecule is COc1ccc(-c2cc(=O)c3c(O)cc([C@@H]4O[C@H](CO[C@H]5O[C@@H](C)[C@H](O)[C@@H](O)[C@H]5O)[C@@H](O)[C@H](O)[C@H]4O)cc3o2)cc1. The Balaban J connectivity index is 1.42. The molecule has 1 aromatic heterocycles. The number of benzene rings is 2. The van der Waals surface area contributed by atoms with Crippen molar-refractivity contribution in [3.63, 3.8) is 0 Å². The second-order valence-corrected chi connectivity index (χ2v) is 10.2. The van der Waals surface area contributed by atoms with Crippen LogP contribution in [-0.2, 0) is 14.2 Å². The molecule has 3 heterocycles. The van der Waals surface area contributed by atoms with Gasteiger partial charge in [0.2, 0.25) is 0 Å². The standard InChI is InChI=1S/C28H32O13/c1-11-21(31)23(33)26(36)28(39-11)38-10-19-22(32)24(34)25(35)27(41-19)13-7-15(29)20-16(30)9-17(40-18(20)8-13)12-3-5-14(37-2)6-4-12/h3-9,11,19,21-29,31-36H,10H2,1-2H3/t11-,19+,21-,22+,23+,24-,25+,26+,27-,28-/m0/s1. The lowest BCUT2D eigenvalue weighted by Gasteiger charge is -2.42. The first-order valence-electron chi connectivity index (χ1n) is 13.0. The summed E-state index contributed by atoms with van der Waals surface area (Å²) in [5.41, 5.74) is 0.177. The molecule has 0 spiro atoms. The number of ether oxygens (including phenoxy) is 4. The van der Waals surface area contributed by atoms with Crippen LogP contribution in [0.2, 0.25) is 0 Å². The Hall–Kier alpha value is -3.11. The molecule has 2 aliphatic heterocycles. The summed E-state index contributed by atoms with van der Waals surface area (Å²) in [7, 11) is 1.52. The first-order valence-corrected chi connectivity index (χ1v) is 13.0. The Morgan fingerprint density at radius 1 is 0.829 bits per heavy atom. The molecule has 2 fully saturated rings. The smallest absolute Gasteiger partial charge is 0.197 e. The number of hydrogen-bond acceptors (Lipinski definition) is 13. The van der Waals surface area contributed by atoms with Crippen molar-refractivity contribution in [2.24, 2.45) is 0 Å². The van der Waals surface area contributed by atoms with E-state index in [0.29, 0.717) is 11.3 Å². The summed E-state index contributed by atoms with van der Waals surface area (Å²) in [4.78, 5) is 12.9. The Morgan fingerprint density at radius 3 is 2.20 bits per heavy atom. The zero-order valence-corrected chi connectivity index (χ0v) is 22.1. The van der Waals surface area contributed by atoms with Crippen molar-refractivity contribution < 1.29 is 59.1 Å². The van der Waals surface area contributed by atoms with E-state index >= 15 is 0 Å². The molecule has 0 aliphatic carbocycles. The Morgan fingerprint density at radius 2 is 1.51 bits per heavy atom. The Bertz CT molecular complexity index is 1420. The Labute approximate surface area is 233 Å². The number of fused-ring (bicyclic) bond motifs is 1. The second-order valence-electron chi connectivity index (χ2n) is 10.2. The highest BCUT2D eigenvalue weighted by atomic mass is 16.7. The molecule has 0 bridgehead atoms. The van der Waals surface area contributed by atoms with Crippen LogP contribution in [0, 0.1) is 0 Å². The number of phenols is 1. The zero-order chi connectivity index (χ0) is 29.6. The lowest BCUT2D eigenvalue weighted by Crippen LogP contribution is -2.59. The van der Waals surface area contributed by atoms with Gasteiger partial charge in [-0.1, -0.05) is 0 Å². The molecule has 2 saturated heterocycles. The third kappa shape index (κ3) is 5.56. The van der Waals surface area contributed by atoms with Crippen LogP contribution in [0.15, 0.2) is 51.7 Å². The molecule has 222 valence electrons. The quantitative estimate of drug-likeness (QED) is 0.198. The second kappa shape index (κ2) is 11.6. The van der Waals surface area contributed by atoms with Gasteiger partial charge in [-0.2, -0.15) is 0 Å². The number of phenolic OH excluding ortho intramolecular Hbond substituents is 1. The predicted molar refractivity (Wildman–Crippen MR) is 140 cm³/mol. The van der Waals surface area contributed by atoms with Crippen molar-refractivity contribution in [2.75, 3.05) is 13.7 Å². The van der Waals surface area contributed by atoms with E-state index in [1.165, 1.54) is 32.2 Å². The monoisotopic (exact) mass is 576 g/mol. The van der Waals surface area contributed by atoms with E-state index in [2.05, 4.69) is 0 Å². The average Bonchev–Trinajstić information content (AvgIpc) is 2.96. The molecule has 0 saturated carbocycles. The van der Waals surface area contributed by atoms with Gasteiger partial charge in [-0.05, 0) is 48.9 Å². The summed E-state index contributed by atoms with van der Waals surface area (Å²) in [5.74, 6) is 0.366. The van der Waals surface area contributed by atoms with E-state index in [0.717, 1.165) is 0 Å². The molecule has 0 unspecified atom stereocenters. The molecule has 13 nitrogen and oxygen atoms in total. The summed E-state index contributed by atoms with van der Waals surface area (Å²) in [5, 5.41) is 72.6. The van der Waals surface area contributed by atoms with Crippen LogP contribution in [-0.4, -0.2) is 105 Å². The van der Waals surface area contributed by atoms with Crippen molar-refractivity contribution in [3.8, 4) is 22.8 Å². The van der Waals surface area contributed by atoms with Crippen LogP contribution in [0.5, 0.6) is 11.5 Å². The van der Waals surface area contributed by atoms with E-state index in [1.54, 1.807) is 24.3 Å². The van der Waals surface area contributed by atoms with Gasteiger partial charge < -0.3 is 59.1 Å². The first-order chi connectivity index (χ1) is 19.5. The minimum absolute atomic E-state index is 0.0113. The van der Waals surface area contributed by atoms with Crippen LogP contribution in [0.1, 0.15) is 18.6 Å². The van der Waals surface area contributed by atoms with Gasteiger partial charge in [0.1, 0.15) is 77.1 Å². The molecule has 0 amide bonds. The van der Waals surface area contributed by atoms with Crippen molar-refractivity contribution in [1.29, 1.82) is 0 Å². The van der Waals surface area contributed by atoms with E-state index in [9.17, 15) is 40.5 Å². The van der Waals surface area contributed by atoms with Crippen molar-refractivity contribution in [1.82, 2.24) is 0 Å². The number of aliphatic hydroxyl groups is 6. The minimum atomic E-state index is -1.71. The van der Waals surface area contributed by atoms with Gasteiger partial charge in [-0.15, -0.1) is 0 Å². The maximum absolute atomic E-state index is 12.9. The van der Waals surface area contributed by atoms with Crippen LogP contribution in [0.25, 0.3) is 22.3 Å². The van der Waals surface area contributed by atoms with Gasteiger partial charge in [0.05, 0.1) is 19.8 Å². The van der Waals surface area contributed by atoms with E-state index in [1.807, 2.05) is 0 Å². The minimum Gasteiger partial charge on any atom is -0.507 e. The maximum Gasteiger partial charge on any atom is 0.197 e. The van der Waals surface area contributed by atoms with Gasteiger partial charge in [-0.3, -0.25) is 4.79 Å². The first kappa shape index (κ1) is 29.4. The Kier molecular flexibility index (Phi) is 8.34. The predicted octanol–water partition coefficient (Wildman–Crippen LogP) is -0.459. The topological polar surface area (TPSA) is 209 Å². The molecule has 10 atom stereocenters. The maximum atomic E-state index is 12.9. The summed E-state index contributed by atoms with van der Waals surface area (Å²) in [6.45, 7) is 1.03.